The van der Waals surface area contributed by atoms with E-state index in [1.54, 1.807) is 13.8 Å². The number of carboxylic acids is 2. The predicted octanol–water partition coefficient (Wildman–Crippen LogP) is -3.61. The van der Waals surface area contributed by atoms with Crippen LogP contribution in [0.2, 0.25) is 0 Å². The number of carbonyl (C=O) groups excluding carboxylic acids is 9. The largest absolute Gasteiger partial charge is 0.506 e. The highest BCUT2D eigenvalue weighted by atomic mass is 32.2. The number of primary amides is 2. The topological polar surface area (TPSA) is 428 Å². The van der Waals surface area contributed by atoms with E-state index < -0.39 is 142 Å². The van der Waals surface area contributed by atoms with Gasteiger partial charge in [-0.15, -0.1) is 0 Å². The maximum Gasteiger partial charge on any atom is 0.317 e. The van der Waals surface area contributed by atoms with Crippen LogP contribution in [0.1, 0.15) is 90.0 Å². The number of rotatable bonds is 11. The van der Waals surface area contributed by atoms with Crippen molar-refractivity contribution in [1.82, 2.24) is 37.2 Å². The average Bonchev–Trinajstić information content (AvgIpc) is 3.24. The van der Waals surface area contributed by atoms with Gasteiger partial charge >= 0.3 is 11.9 Å². The second-order valence-electron chi connectivity index (χ2n) is 17.3. The van der Waals surface area contributed by atoms with Crippen molar-refractivity contribution in [3.05, 3.63) is 23.8 Å². The lowest BCUT2D eigenvalue weighted by atomic mass is 9.80. The van der Waals surface area contributed by atoms with E-state index in [2.05, 4.69) is 37.2 Å². The zero-order chi connectivity index (χ0) is 50.9. The predicted molar refractivity (Wildman–Crippen MR) is 240 cm³/mol. The minimum Gasteiger partial charge on any atom is -0.506 e. The number of nitrogen functional groups attached to an aromatic ring is 1. The van der Waals surface area contributed by atoms with Crippen LogP contribution in [0.4, 0.5) is 5.69 Å². The number of amides is 9. The van der Waals surface area contributed by atoms with E-state index in [9.17, 15) is 72.3 Å². The summed E-state index contributed by atoms with van der Waals surface area (Å²) in [7, 11) is -2.29. The van der Waals surface area contributed by atoms with Crippen molar-refractivity contribution in [2.75, 3.05) is 23.8 Å². The molecule has 0 aromatic heterocycles. The number of carboxylic acid groups (broad SMARTS) is 2. The molecule has 1 aromatic rings. The van der Waals surface area contributed by atoms with Gasteiger partial charge in [-0.1, -0.05) is 39.2 Å². The molecule has 68 heavy (non-hydrogen) atoms. The molecule has 1 spiro atoms. The Morgan fingerprint density at radius 2 is 1.37 bits per heavy atom. The highest BCUT2D eigenvalue weighted by molar-refractivity contribution is 7.85. The SMILES string of the molecule is CC(C)C[C@@H]1NC(=O)[C@H](CC(C(=O)O)C(=O)O)NC(=O)CS(=O)C[C@@H](C(N)=O)NC(=O)CCCCNC(=O)[C@H](CC(N)=O)NC(=O)C2(CCCCC2)NC(=O)[C@H](Cc2ccc(O)c(N)c2)NC1=O. The third-order valence-electron chi connectivity index (χ3n) is 11.2. The number of anilines is 1. The van der Waals surface area contributed by atoms with Crippen LogP contribution in [0.5, 0.6) is 5.75 Å². The molecule has 26 heteroatoms. The van der Waals surface area contributed by atoms with E-state index in [4.69, 9.17) is 17.2 Å². The first-order valence-electron chi connectivity index (χ1n) is 22.0. The molecule has 6 atom stereocenters. The van der Waals surface area contributed by atoms with Gasteiger partial charge < -0.3 is 69.7 Å². The zero-order valence-electron chi connectivity index (χ0n) is 37.8. The van der Waals surface area contributed by atoms with E-state index in [-0.39, 0.29) is 68.8 Å². The van der Waals surface area contributed by atoms with Crippen LogP contribution in [-0.4, -0.2) is 138 Å². The first-order chi connectivity index (χ1) is 31.9. The van der Waals surface area contributed by atoms with Crippen molar-refractivity contribution in [3.8, 4) is 5.75 Å². The van der Waals surface area contributed by atoms with E-state index >= 15 is 0 Å². The molecule has 1 heterocycles. The Bertz CT molecular complexity index is 2100. The highest BCUT2D eigenvalue weighted by Crippen LogP contribution is 2.30. The lowest BCUT2D eigenvalue weighted by Crippen LogP contribution is -2.66. The molecular formula is C42H62N10O15S. The number of hydrogen-bond acceptors (Lipinski definition) is 14. The summed E-state index contributed by atoms with van der Waals surface area (Å²) in [6, 6.07) is -4.19. The molecule has 2 aliphatic rings. The van der Waals surface area contributed by atoms with Gasteiger partial charge in [-0.3, -0.25) is 56.9 Å². The van der Waals surface area contributed by atoms with Gasteiger partial charge in [0, 0.05) is 36.6 Å². The molecular weight excluding hydrogens is 917 g/mol. The molecule has 0 radical (unpaired) electrons. The molecule has 1 saturated carbocycles. The summed E-state index contributed by atoms with van der Waals surface area (Å²) in [5.41, 5.74) is 15.3. The molecule has 16 N–H and O–H groups in total. The molecule has 0 bridgehead atoms. The Morgan fingerprint density at radius 3 is 1.94 bits per heavy atom. The van der Waals surface area contributed by atoms with Crippen LogP contribution in [0.25, 0.3) is 0 Å². The second-order valence-corrected chi connectivity index (χ2v) is 18.8. The quantitative estimate of drug-likeness (QED) is 0.0579. The van der Waals surface area contributed by atoms with Gasteiger partial charge in [-0.25, -0.2) is 0 Å². The van der Waals surface area contributed by atoms with E-state index in [0.29, 0.717) is 24.8 Å². The van der Waals surface area contributed by atoms with Gasteiger partial charge in [-0.2, -0.15) is 0 Å². The number of carbonyl (C=O) groups is 11. The number of nitrogens with two attached hydrogens (primary N) is 3. The first kappa shape index (κ1) is 55.5. The van der Waals surface area contributed by atoms with Crippen LogP contribution < -0.4 is 54.4 Å². The van der Waals surface area contributed by atoms with Gasteiger partial charge in [0.25, 0.3) is 0 Å². The van der Waals surface area contributed by atoms with Crippen LogP contribution in [0.3, 0.4) is 0 Å². The number of nitrogens with one attached hydrogen (secondary N) is 7. The van der Waals surface area contributed by atoms with Gasteiger partial charge in [0.05, 0.1) is 17.9 Å². The summed E-state index contributed by atoms with van der Waals surface area (Å²) in [6.07, 6.45) is -0.471. The Labute approximate surface area is 393 Å². The number of phenols is 1. The molecule has 2 fully saturated rings. The number of benzene rings is 1. The fraction of sp³-hybridized carbons (Fsp3) is 0.595. The normalized spacial score (nSPS) is 24.5. The molecule has 1 aromatic carbocycles. The molecule has 1 saturated heterocycles. The number of hydrogen-bond donors (Lipinski definition) is 13. The van der Waals surface area contributed by atoms with Crippen LogP contribution >= 0.6 is 0 Å². The third kappa shape index (κ3) is 17.4. The first-order valence-corrected chi connectivity index (χ1v) is 23.5. The van der Waals surface area contributed by atoms with Crippen molar-refractivity contribution in [2.24, 2.45) is 23.3 Å². The van der Waals surface area contributed by atoms with Crippen LogP contribution in [0.15, 0.2) is 18.2 Å². The van der Waals surface area contributed by atoms with E-state index in [1.807, 2.05) is 0 Å². The second kappa shape index (κ2) is 25.9. The van der Waals surface area contributed by atoms with Crippen molar-refractivity contribution in [1.29, 1.82) is 0 Å². The van der Waals surface area contributed by atoms with Gasteiger partial charge in [0.15, 0.2) is 5.92 Å². The Kier molecular flexibility index (Phi) is 21.1. The molecule has 1 aliphatic carbocycles. The molecule has 1 aliphatic heterocycles. The lowest BCUT2D eigenvalue weighted by Gasteiger charge is -2.38. The number of phenolic OH excluding ortho intramolecular Hbond substituents is 1. The van der Waals surface area contributed by atoms with Crippen LogP contribution in [-0.2, 0) is 70.0 Å². The molecule has 3 rings (SSSR count). The minimum atomic E-state index is -2.29. The summed E-state index contributed by atoms with van der Waals surface area (Å²) in [6.45, 7) is 3.27. The Hall–Kier alpha value is -6.86. The molecule has 9 amide bonds. The summed E-state index contributed by atoms with van der Waals surface area (Å²) in [4.78, 5) is 145. The van der Waals surface area contributed by atoms with Crippen molar-refractivity contribution >= 4 is 81.6 Å². The molecule has 25 nitrogen and oxygen atoms in total. The Morgan fingerprint density at radius 1 is 0.750 bits per heavy atom. The number of aromatic hydroxyl groups is 1. The van der Waals surface area contributed by atoms with Crippen molar-refractivity contribution in [3.63, 3.8) is 0 Å². The monoisotopic (exact) mass is 978 g/mol. The lowest BCUT2D eigenvalue weighted by molar-refractivity contribution is -0.155. The Balaban J connectivity index is 2.14. The maximum atomic E-state index is 14.5. The minimum absolute atomic E-state index is 0.0569. The summed E-state index contributed by atoms with van der Waals surface area (Å²) >= 11 is 0. The van der Waals surface area contributed by atoms with Crippen LogP contribution in [0, 0.1) is 11.8 Å². The smallest absolute Gasteiger partial charge is 0.317 e. The van der Waals surface area contributed by atoms with E-state index in [1.165, 1.54) is 18.2 Å². The summed E-state index contributed by atoms with van der Waals surface area (Å²) < 4.78 is 13.1. The third-order valence-corrected chi connectivity index (χ3v) is 12.5. The van der Waals surface area contributed by atoms with Gasteiger partial charge in [-0.05, 0) is 55.7 Å². The van der Waals surface area contributed by atoms with Crippen molar-refractivity contribution < 1.29 is 72.3 Å². The molecule has 376 valence electrons. The average molecular weight is 979 g/mol. The maximum absolute atomic E-state index is 14.5. The van der Waals surface area contributed by atoms with Gasteiger partial charge in [0.2, 0.25) is 53.2 Å². The number of aliphatic carboxylic acids is 2. The fourth-order valence-electron chi connectivity index (χ4n) is 7.63. The summed E-state index contributed by atoms with van der Waals surface area (Å²) in [5, 5.41) is 46.8. The van der Waals surface area contributed by atoms with E-state index in [0.717, 1.165) is 0 Å². The zero-order valence-corrected chi connectivity index (χ0v) is 38.6. The van der Waals surface area contributed by atoms with Gasteiger partial charge in [0.1, 0.15) is 47.3 Å². The summed E-state index contributed by atoms with van der Waals surface area (Å²) in [5.74, 6) is -17.1. The highest BCUT2D eigenvalue weighted by Gasteiger charge is 2.44. The standard InChI is InChI=1S/C42H62N10O15S/c1-21(2)14-25-36(59)50-26(16-22-9-10-30(53)24(43)15-22)38(61)52-42(11-5-3-6-12-42)41(66)51-28(18-31(44)54)35(58)46-13-7-4-8-32(55)48-29(34(45)57)19-68(67)20-33(56)47-27(37(60)49-25)17-23(39(62)63)40(64)65/h9-10,15,21,23,25-29,53H,3-8,11-14,16-20,43H2,1-2H3,(H2,44,54)(H2,45,57)(H,46,58)(H,47,56)(H,48,55)(H,49,60)(H,50,59)(H,51,66)(H,52,61)(H,62,63)(H,64,65)/t25-,26-,27-,28-,29-,68?/m0/s1. The fourth-order valence-corrected chi connectivity index (χ4v) is 8.74. The van der Waals surface area contributed by atoms with Crippen molar-refractivity contribution in [2.45, 2.75) is 127 Å². The molecule has 1 unspecified atom stereocenters.